The third-order valence-electron chi connectivity index (χ3n) is 4.12. The molecule has 0 atom stereocenters. The van der Waals surface area contributed by atoms with E-state index in [4.69, 9.17) is 19.8 Å². The summed E-state index contributed by atoms with van der Waals surface area (Å²) in [5.74, 6) is 0.178. The van der Waals surface area contributed by atoms with E-state index in [1.165, 1.54) is 6.08 Å². The van der Waals surface area contributed by atoms with Crippen molar-refractivity contribution in [2.45, 2.75) is 0 Å². The number of nitrogens with zero attached hydrogens (tertiary/aromatic N) is 1. The van der Waals surface area contributed by atoms with Crippen LogP contribution in [-0.2, 0) is 4.79 Å². The number of hydrogen-bond acceptors (Lipinski definition) is 4. The van der Waals surface area contributed by atoms with E-state index in [1.807, 2.05) is 54.6 Å². The van der Waals surface area contributed by atoms with E-state index in [-0.39, 0.29) is 5.57 Å². The standard InChI is InChI=1S/C24H19NO4/c25-17-20(24(26)27)16-18-10-12-21(13-11-18)28-14-15-29-23-9-5-4-8-22(23)19-6-2-1-3-7-19/h1-13,16H,14-15H2,(H,26,27). The Balaban J connectivity index is 1.56. The van der Waals surface area contributed by atoms with E-state index < -0.39 is 5.97 Å². The van der Waals surface area contributed by atoms with Gasteiger partial charge >= 0.3 is 5.97 Å². The van der Waals surface area contributed by atoms with Gasteiger partial charge in [-0.2, -0.15) is 5.26 Å². The first-order chi connectivity index (χ1) is 14.2. The Kier molecular flexibility index (Phi) is 6.64. The Bertz CT molecular complexity index is 1030. The highest BCUT2D eigenvalue weighted by Gasteiger charge is 2.06. The lowest BCUT2D eigenvalue weighted by Crippen LogP contribution is -2.09. The molecule has 0 unspecified atom stereocenters. The summed E-state index contributed by atoms with van der Waals surface area (Å²) in [6.07, 6.45) is 1.32. The first kappa shape index (κ1) is 19.7. The highest BCUT2D eigenvalue weighted by molar-refractivity contribution is 5.96. The molecular formula is C24H19NO4. The van der Waals surface area contributed by atoms with Crippen LogP contribution in [0, 0.1) is 11.3 Å². The fourth-order valence-electron chi connectivity index (χ4n) is 2.73. The van der Waals surface area contributed by atoms with Gasteiger partial charge in [-0.1, -0.05) is 60.7 Å². The second-order valence-electron chi connectivity index (χ2n) is 6.10. The van der Waals surface area contributed by atoms with Crippen LogP contribution in [0.1, 0.15) is 5.56 Å². The van der Waals surface area contributed by atoms with Gasteiger partial charge in [0.25, 0.3) is 0 Å². The van der Waals surface area contributed by atoms with E-state index in [0.717, 1.165) is 16.9 Å². The molecule has 0 bridgehead atoms. The second kappa shape index (κ2) is 9.77. The SMILES string of the molecule is N#CC(=Cc1ccc(OCCOc2ccccc2-c2ccccc2)cc1)C(=O)O. The third-order valence-corrected chi connectivity index (χ3v) is 4.12. The van der Waals surface area contributed by atoms with Gasteiger partial charge in [-0.3, -0.25) is 0 Å². The predicted octanol–water partition coefficient (Wildman–Crippen LogP) is 4.80. The van der Waals surface area contributed by atoms with Gasteiger partial charge in [0.1, 0.15) is 36.4 Å². The van der Waals surface area contributed by atoms with Crippen LogP contribution in [0.15, 0.2) is 84.4 Å². The highest BCUT2D eigenvalue weighted by atomic mass is 16.5. The molecule has 0 radical (unpaired) electrons. The molecule has 3 rings (SSSR count). The van der Waals surface area contributed by atoms with Gasteiger partial charge < -0.3 is 14.6 Å². The van der Waals surface area contributed by atoms with E-state index >= 15 is 0 Å². The summed E-state index contributed by atoms with van der Waals surface area (Å²) >= 11 is 0. The van der Waals surface area contributed by atoms with Crippen molar-refractivity contribution in [3.05, 3.63) is 90.0 Å². The van der Waals surface area contributed by atoms with Crippen LogP contribution in [0.25, 0.3) is 17.2 Å². The van der Waals surface area contributed by atoms with Crippen molar-refractivity contribution in [2.75, 3.05) is 13.2 Å². The number of aliphatic carboxylic acids is 1. The Labute approximate surface area is 169 Å². The van der Waals surface area contributed by atoms with Crippen molar-refractivity contribution in [1.82, 2.24) is 0 Å². The van der Waals surface area contributed by atoms with Gasteiger partial charge in [0, 0.05) is 5.56 Å². The minimum atomic E-state index is -1.25. The van der Waals surface area contributed by atoms with Crippen LogP contribution in [-0.4, -0.2) is 24.3 Å². The van der Waals surface area contributed by atoms with Crippen LogP contribution >= 0.6 is 0 Å². The molecule has 1 N–H and O–H groups in total. The van der Waals surface area contributed by atoms with Gasteiger partial charge in [0.2, 0.25) is 0 Å². The minimum absolute atomic E-state index is 0.316. The molecule has 3 aromatic rings. The number of rotatable bonds is 8. The molecule has 0 fully saturated rings. The van der Waals surface area contributed by atoms with Gasteiger partial charge in [-0.15, -0.1) is 0 Å². The largest absolute Gasteiger partial charge is 0.490 e. The Hall–Kier alpha value is -4.04. The summed E-state index contributed by atoms with van der Waals surface area (Å²) in [6, 6.07) is 26.4. The molecule has 0 heterocycles. The van der Waals surface area contributed by atoms with Crippen LogP contribution in [0.5, 0.6) is 11.5 Å². The molecule has 3 aromatic carbocycles. The number of ether oxygens (including phenoxy) is 2. The quantitative estimate of drug-likeness (QED) is 0.342. The third kappa shape index (κ3) is 5.47. The summed E-state index contributed by atoms with van der Waals surface area (Å²) in [4.78, 5) is 10.9. The Morgan fingerprint density at radius 3 is 2.24 bits per heavy atom. The van der Waals surface area contributed by atoms with Crippen LogP contribution < -0.4 is 9.47 Å². The number of carboxylic acid groups (broad SMARTS) is 1. The summed E-state index contributed by atoms with van der Waals surface area (Å²) in [7, 11) is 0. The number of hydrogen-bond donors (Lipinski definition) is 1. The first-order valence-electron chi connectivity index (χ1n) is 9.02. The molecule has 29 heavy (non-hydrogen) atoms. The zero-order valence-corrected chi connectivity index (χ0v) is 15.6. The molecule has 5 heteroatoms. The Morgan fingerprint density at radius 1 is 0.897 bits per heavy atom. The van der Waals surface area contributed by atoms with Gasteiger partial charge in [0.05, 0.1) is 0 Å². The number of carboxylic acids is 1. The van der Waals surface area contributed by atoms with Crippen LogP contribution in [0.3, 0.4) is 0 Å². The van der Waals surface area contributed by atoms with Crippen LogP contribution in [0.2, 0.25) is 0 Å². The average Bonchev–Trinajstić information content (AvgIpc) is 2.76. The fraction of sp³-hybridized carbons (Fsp3) is 0.0833. The molecule has 0 aromatic heterocycles. The molecule has 0 aliphatic rings. The molecular weight excluding hydrogens is 366 g/mol. The van der Waals surface area contributed by atoms with E-state index in [0.29, 0.717) is 24.5 Å². The molecule has 0 aliphatic carbocycles. The van der Waals surface area contributed by atoms with E-state index in [9.17, 15) is 4.79 Å². The van der Waals surface area contributed by atoms with Crippen molar-refractivity contribution < 1.29 is 19.4 Å². The van der Waals surface area contributed by atoms with Gasteiger partial charge in [-0.05, 0) is 35.4 Å². The molecule has 0 spiro atoms. The summed E-state index contributed by atoms with van der Waals surface area (Å²) < 4.78 is 11.6. The van der Waals surface area contributed by atoms with Crippen LogP contribution in [0.4, 0.5) is 0 Å². The van der Waals surface area contributed by atoms with Crippen molar-refractivity contribution in [3.8, 4) is 28.7 Å². The maximum absolute atomic E-state index is 10.9. The number of nitriles is 1. The maximum Gasteiger partial charge on any atom is 0.346 e. The molecule has 5 nitrogen and oxygen atoms in total. The number of para-hydroxylation sites is 1. The topological polar surface area (TPSA) is 79.5 Å². The van der Waals surface area contributed by atoms with E-state index in [2.05, 4.69) is 0 Å². The minimum Gasteiger partial charge on any atom is -0.490 e. The van der Waals surface area contributed by atoms with E-state index in [1.54, 1.807) is 30.3 Å². The molecule has 0 saturated heterocycles. The normalized spacial score (nSPS) is 10.8. The molecule has 0 amide bonds. The zero-order chi connectivity index (χ0) is 20.5. The monoisotopic (exact) mass is 385 g/mol. The Morgan fingerprint density at radius 2 is 1.55 bits per heavy atom. The summed E-state index contributed by atoms with van der Waals surface area (Å²) in [5, 5.41) is 17.7. The lowest BCUT2D eigenvalue weighted by molar-refractivity contribution is -0.132. The molecule has 144 valence electrons. The lowest BCUT2D eigenvalue weighted by Gasteiger charge is -2.12. The molecule has 0 aliphatic heterocycles. The number of carbonyl (C=O) groups is 1. The molecule has 0 saturated carbocycles. The van der Waals surface area contributed by atoms with Gasteiger partial charge in [-0.25, -0.2) is 4.79 Å². The van der Waals surface area contributed by atoms with Crippen molar-refractivity contribution in [3.63, 3.8) is 0 Å². The summed E-state index contributed by atoms with van der Waals surface area (Å²) in [6.45, 7) is 0.736. The summed E-state index contributed by atoms with van der Waals surface area (Å²) in [5.41, 5.74) is 2.41. The smallest absolute Gasteiger partial charge is 0.346 e. The first-order valence-corrected chi connectivity index (χ1v) is 9.02. The zero-order valence-electron chi connectivity index (χ0n) is 15.6. The van der Waals surface area contributed by atoms with Crippen molar-refractivity contribution in [2.24, 2.45) is 0 Å². The average molecular weight is 385 g/mol. The lowest BCUT2D eigenvalue weighted by atomic mass is 10.1. The predicted molar refractivity (Wildman–Crippen MR) is 111 cm³/mol. The highest BCUT2D eigenvalue weighted by Crippen LogP contribution is 2.29. The van der Waals surface area contributed by atoms with Crippen molar-refractivity contribution >= 4 is 12.0 Å². The fourth-order valence-corrected chi connectivity index (χ4v) is 2.73. The van der Waals surface area contributed by atoms with Crippen molar-refractivity contribution in [1.29, 1.82) is 5.26 Å². The van der Waals surface area contributed by atoms with Gasteiger partial charge in [0.15, 0.2) is 0 Å². The second-order valence-corrected chi connectivity index (χ2v) is 6.10. The maximum atomic E-state index is 10.9. The number of benzene rings is 3.